The van der Waals surface area contributed by atoms with Gasteiger partial charge in [0.1, 0.15) is 0 Å². The van der Waals surface area contributed by atoms with Crippen molar-refractivity contribution >= 4 is 0 Å². The number of ether oxygens (including phenoxy) is 1. The minimum absolute atomic E-state index is 0.679. The first-order valence-corrected chi connectivity index (χ1v) is 5.66. The molecule has 15 heavy (non-hydrogen) atoms. The molecule has 1 heterocycles. The van der Waals surface area contributed by atoms with Crippen molar-refractivity contribution in [2.24, 2.45) is 5.73 Å². The van der Waals surface area contributed by atoms with E-state index in [9.17, 15) is 0 Å². The van der Waals surface area contributed by atoms with Crippen LogP contribution in [0.15, 0.2) is 12.4 Å². The van der Waals surface area contributed by atoms with Crippen LogP contribution < -0.4 is 5.73 Å². The first kappa shape index (κ1) is 12.2. The molecule has 4 heteroatoms. The van der Waals surface area contributed by atoms with Crippen molar-refractivity contribution in [1.82, 2.24) is 9.78 Å². The molecular formula is C11H21N3O. The topological polar surface area (TPSA) is 53.1 Å². The smallest absolute Gasteiger partial charge is 0.0662 e. The van der Waals surface area contributed by atoms with Gasteiger partial charge in [0.15, 0.2) is 0 Å². The van der Waals surface area contributed by atoms with E-state index in [1.807, 2.05) is 17.1 Å². The van der Waals surface area contributed by atoms with E-state index in [-0.39, 0.29) is 0 Å². The van der Waals surface area contributed by atoms with Gasteiger partial charge in [-0.05, 0) is 24.9 Å². The van der Waals surface area contributed by atoms with Gasteiger partial charge in [0.05, 0.1) is 19.3 Å². The van der Waals surface area contributed by atoms with Gasteiger partial charge in [-0.3, -0.25) is 4.68 Å². The molecule has 0 aliphatic heterocycles. The van der Waals surface area contributed by atoms with Crippen molar-refractivity contribution in [3.05, 3.63) is 18.0 Å². The molecule has 0 spiro atoms. The average Bonchev–Trinajstić information content (AvgIpc) is 2.66. The summed E-state index contributed by atoms with van der Waals surface area (Å²) in [5, 5.41) is 4.23. The maximum Gasteiger partial charge on any atom is 0.0662 e. The fraction of sp³-hybridized carbons (Fsp3) is 0.727. The zero-order valence-corrected chi connectivity index (χ0v) is 9.48. The molecule has 0 bridgehead atoms. The minimum atomic E-state index is 0.679. The molecule has 2 N–H and O–H groups in total. The zero-order valence-electron chi connectivity index (χ0n) is 9.48. The number of unbranched alkanes of at least 4 members (excludes halogenated alkanes) is 1. The zero-order chi connectivity index (χ0) is 10.9. The highest BCUT2D eigenvalue weighted by atomic mass is 16.5. The van der Waals surface area contributed by atoms with Gasteiger partial charge >= 0.3 is 0 Å². The predicted octanol–water partition coefficient (Wildman–Crippen LogP) is 1.20. The summed E-state index contributed by atoms with van der Waals surface area (Å²) in [4.78, 5) is 0. The summed E-state index contributed by atoms with van der Waals surface area (Å²) in [6, 6.07) is 0. The predicted molar refractivity (Wildman–Crippen MR) is 60.7 cm³/mol. The number of hydrogen-bond donors (Lipinski definition) is 1. The minimum Gasteiger partial charge on any atom is -0.380 e. The SMILES string of the molecule is CCCCOCCn1cc(CCN)cn1. The van der Waals surface area contributed by atoms with Gasteiger partial charge in [-0.1, -0.05) is 13.3 Å². The van der Waals surface area contributed by atoms with E-state index in [4.69, 9.17) is 10.5 Å². The molecule has 0 unspecified atom stereocenters. The highest BCUT2D eigenvalue weighted by Crippen LogP contribution is 1.98. The highest BCUT2D eigenvalue weighted by molar-refractivity contribution is 5.03. The third kappa shape index (κ3) is 4.95. The first-order chi connectivity index (χ1) is 7.36. The van der Waals surface area contributed by atoms with Gasteiger partial charge in [0, 0.05) is 12.8 Å². The van der Waals surface area contributed by atoms with E-state index in [1.165, 1.54) is 12.0 Å². The Morgan fingerprint density at radius 1 is 1.47 bits per heavy atom. The standard InChI is InChI=1S/C11H21N3O/c1-2-3-7-15-8-6-14-10-11(4-5-12)9-13-14/h9-10H,2-8,12H2,1H3. The molecule has 1 aromatic rings. The molecule has 1 aromatic heterocycles. The van der Waals surface area contributed by atoms with E-state index in [0.717, 1.165) is 32.6 Å². The summed E-state index contributed by atoms with van der Waals surface area (Å²) >= 11 is 0. The molecule has 0 saturated carbocycles. The summed E-state index contributed by atoms with van der Waals surface area (Å²) in [7, 11) is 0. The van der Waals surface area contributed by atoms with E-state index in [1.54, 1.807) is 0 Å². The molecule has 1 rings (SSSR count). The molecule has 0 fully saturated rings. The van der Waals surface area contributed by atoms with Gasteiger partial charge in [-0.25, -0.2) is 0 Å². The lowest BCUT2D eigenvalue weighted by Gasteiger charge is -2.03. The number of nitrogens with zero attached hydrogens (tertiary/aromatic N) is 2. The maximum atomic E-state index is 5.46. The monoisotopic (exact) mass is 211 g/mol. The number of nitrogens with two attached hydrogens (primary N) is 1. The van der Waals surface area contributed by atoms with Crippen LogP contribution in [0.1, 0.15) is 25.3 Å². The van der Waals surface area contributed by atoms with Crippen molar-refractivity contribution in [1.29, 1.82) is 0 Å². The van der Waals surface area contributed by atoms with Crippen LogP contribution in [0.25, 0.3) is 0 Å². The van der Waals surface area contributed by atoms with Crippen LogP contribution in [-0.2, 0) is 17.7 Å². The Kier molecular flexibility index (Phi) is 6.04. The summed E-state index contributed by atoms with van der Waals surface area (Å²) in [6.45, 7) is 5.26. The Labute approximate surface area is 91.4 Å². The quantitative estimate of drug-likeness (QED) is 0.657. The van der Waals surface area contributed by atoms with E-state index in [2.05, 4.69) is 12.0 Å². The molecule has 0 aliphatic carbocycles. The Bertz CT molecular complexity index is 260. The van der Waals surface area contributed by atoms with Gasteiger partial charge < -0.3 is 10.5 Å². The Hall–Kier alpha value is -0.870. The molecule has 0 aliphatic rings. The Morgan fingerprint density at radius 3 is 3.07 bits per heavy atom. The third-order valence-corrected chi connectivity index (χ3v) is 2.23. The Morgan fingerprint density at radius 2 is 2.33 bits per heavy atom. The van der Waals surface area contributed by atoms with Gasteiger partial charge in [-0.15, -0.1) is 0 Å². The summed E-state index contributed by atoms with van der Waals surface area (Å²) in [5.41, 5.74) is 6.66. The fourth-order valence-corrected chi connectivity index (χ4v) is 1.33. The van der Waals surface area contributed by atoms with Crippen LogP contribution in [0.4, 0.5) is 0 Å². The summed E-state index contributed by atoms with van der Waals surface area (Å²) in [5.74, 6) is 0. The molecule has 86 valence electrons. The maximum absolute atomic E-state index is 5.46. The van der Waals surface area contributed by atoms with Crippen LogP contribution in [0.2, 0.25) is 0 Å². The second-order valence-electron chi connectivity index (χ2n) is 3.62. The molecule has 0 aromatic carbocycles. The van der Waals surface area contributed by atoms with Crippen molar-refractivity contribution in [3.63, 3.8) is 0 Å². The number of aromatic nitrogens is 2. The van der Waals surface area contributed by atoms with Crippen LogP contribution in [-0.4, -0.2) is 29.5 Å². The lowest BCUT2D eigenvalue weighted by atomic mass is 10.3. The highest BCUT2D eigenvalue weighted by Gasteiger charge is 1.97. The van der Waals surface area contributed by atoms with Crippen molar-refractivity contribution < 1.29 is 4.74 Å². The second kappa shape index (κ2) is 7.43. The number of rotatable bonds is 8. The van der Waals surface area contributed by atoms with Crippen LogP contribution in [0.3, 0.4) is 0 Å². The van der Waals surface area contributed by atoms with Crippen LogP contribution >= 0.6 is 0 Å². The number of hydrogen-bond acceptors (Lipinski definition) is 3. The third-order valence-electron chi connectivity index (χ3n) is 2.23. The van der Waals surface area contributed by atoms with Crippen molar-refractivity contribution in [3.8, 4) is 0 Å². The van der Waals surface area contributed by atoms with Gasteiger partial charge in [0.2, 0.25) is 0 Å². The molecule has 0 saturated heterocycles. The molecular weight excluding hydrogens is 190 g/mol. The van der Waals surface area contributed by atoms with E-state index in [0.29, 0.717) is 6.54 Å². The first-order valence-electron chi connectivity index (χ1n) is 5.66. The largest absolute Gasteiger partial charge is 0.380 e. The lowest BCUT2D eigenvalue weighted by Crippen LogP contribution is -2.07. The van der Waals surface area contributed by atoms with E-state index < -0.39 is 0 Å². The lowest BCUT2D eigenvalue weighted by molar-refractivity contribution is 0.121. The normalized spacial score (nSPS) is 10.8. The van der Waals surface area contributed by atoms with Gasteiger partial charge in [-0.2, -0.15) is 5.10 Å². The van der Waals surface area contributed by atoms with Gasteiger partial charge in [0.25, 0.3) is 0 Å². The van der Waals surface area contributed by atoms with Crippen molar-refractivity contribution in [2.45, 2.75) is 32.7 Å². The van der Waals surface area contributed by atoms with E-state index >= 15 is 0 Å². The van der Waals surface area contributed by atoms with Crippen molar-refractivity contribution in [2.75, 3.05) is 19.8 Å². The molecule has 0 radical (unpaired) electrons. The van der Waals surface area contributed by atoms with Crippen LogP contribution in [0.5, 0.6) is 0 Å². The molecule has 4 nitrogen and oxygen atoms in total. The Balaban J connectivity index is 2.14. The molecule has 0 amide bonds. The summed E-state index contributed by atoms with van der Waals surface area (Å²) < 4.78 is 7.38. The molecule has 0 atom stereocenters. The second-order valence-corrected chi connectivity index (χ2v) is 3.62. The van der Waals surface area contributed by atoms with Crippen LogP contribution in [0, 0.1) is 0 Å². The summed E-state index contributed by atoms with van der Waals surface area (Å²) in [6.07, 6.45) is 7.13. The fourth-order valence-electron chi connectivity index (χ4n) is 1.33. The average molecular weight is 211 g/mol.